The number of halogens is 1. The molecule has 15 heavy (non-hydrogen) atoms. The van der Waals surface area contributed by atoms with Gasteiger partial charge in [-0.05, 0) is 24.6 Å². The Balaban J connectivity index is 2.47. The maximum absolute atomic E-state index is 11.1. The molecule has 0 atom stereocenters. The lowest BCUT2D eigenvalue weighted by Crippen LogP contribution is -2.04. The summed E-state index contributed by atoms with van der Waals surface area (Å²) in [6, 6.07) is 7.56. The van der Waals surface area contributed by atoms with E-state index < -0.39 is 5.97 Å². The summed E-state index contributed by atoms with van der Waals surface area (Å²) in [6.45, 7) is 1.90. The summed E-state index contributed by atoms with van der Waals surface area (Å²) in [7, 11) is 0. The van der Waals surface area contributed by atoms with Gasteiger partial charge in [0.25, 0.3) is 0 Å². The van der Waals surface area contributed by atoms with Gasteiger partial charge in [-0.25, -0.2) is 4.79 Å². The lowest BCUT2D eigenvalue weighted by Gasteiger charge is -2.02. The van der Waals surface area contributed by atoms with E-state index in [1.807, 2.05) is 24.3 Å². The Morgan fingerprint density at radius 2 is 2.07 bits per heavy atom. The van der Waals surface area contributed by atoms with Gasteiger partial charge in [0.15, 0.2) is 0 Å². The number of rotatable bonds is 3. The molecule has 0 aromatic heterocycles. The molecule has 3 nitrogen and oxygen atoms in total. The lowest BCUT2D eigenvalue weighted by molar-refractivity contribution is -0.139. The topological polar surface area (TPSA) is 52.3 Å². The Kier molecular flexibility index (Phi) is 4.37. The summed E-state index contributed by atoms with van der Waals surface area (Å²) in [5, 5.41) is 0. The SMILES string of the molecule is C/C(N)=C/C(=O)OCc1ccc(Br)cc1. The zero-order valence-electron chi connectivity index (χ0n) is 8.37. The molecule has 2 N–H and O–H groups in total. The van der Waals surface area contributed by atoms with Gasteiger partial charge in [0.2, 0.25) is 0 Å². The van der Waals surface area contributed by atoms with Crippen molar-refractivity contribution in [1.29, 1.82) is 0 Å². The van der Waals surface area contributed by atoms with Crippen LogP contribution < -0.4 is 5.73 Å². The van der Waals surface area contributed by atoms with E-state index in [0.717, 1.165) is 10.0 Å². The minimum atomic E-state index is -0.419. The molecule has 1 aromatic carbocycles. The van der Waals surface area contributed by atoms with E-state index >= 15 is 0 Å². The normalized spacial score (nSPS) is 11.2. The van der Waals surface area contributed by atoms with Gasteiger partial charge in [-0.3, -0.25) is 0 Å². The van der Waals surface area contributed by atoms with Crippen LogP contribution >= 0.6 is 15.9 Å². The first kappa shape index (κ1) is 11.8. The van der Waals surface area contributed by atoms with Crippen LogP contribution in [0, 0.1) is 0 Å². The second-order valence-electron chi connectivity index (χ2n) is 3.12. The largest absolute Gasteiger partial charge is 0.458 e. The zero-order chi connectivity index (χ0) is 11.3. The Hall–Kier alpha value is -1.29. The van der Waals surface area contributed by atoms with E-state index in [0.29, 0.717) is 5.70 Å². The van der Waals surface area contributed by atoms with Crippen molar-refractivity contribution in [3.05, 3.63) is 46.1 Å². The highest BCUT2D eigenvalue weighted by atomic mass is 79.9. The Morgan fingerprint density at radius 3 is 2.60 bits per heavy atom. The first-order chi connectivity index (χ1) is 7.08. The quantitative estimate of drug-likeness (QED) is 0.677. The van der Waals surface area contributed by atoms with Crippen LogP contribution in [0.2, 0.25) is 0 Å². The number of hydrogen-bond donors (Lipinski definition) is 1. The lowest BCUT2D eigenvalue weighted by atomic mass is 10.2. The van der Waals surface area contributed by atoms with Gasteiger partial charge in [0.1, 0.15) is 6.61 Å². The first-order valence-corrected chi connectivity index (χ1v) is 5.22. The molecular weight excluding hydrogens is 258 g/mol. The first-order valence-electron chi connectivity index (χ1n) is 4.43. The van der Waals surface area contributed by atoms with E-state index in [-0.39, 0.29) is 6.61 Å². The molecule has 0 saturated heterocycles. The minimum absolute atomic E-state index is 0.260. The molecule has 1 rings (SSSR count). The van der Waals surface area contributed by atoms with Crippen LogP contribution in [0.5, 0.6) is 0 Å². The fraction of sp³-hybridized carbons (Fsp3) is 0.182. The van der Waals surface area contributed by atoms with Crippen molar-refractivity contribution >= 4 is 21.9 Å². The molecule has 0 bridgehead atoms. The third kappa shape index (κ3) is 4.65. The van der Waals surface area contributed by atoms with Gasteiger partial charge in [-0.1, -0.05) is 28.1 Å². The monoisotopic (exact) mass is 269 g/mol. The third-order valence-corrected chi connectivity index (χ3v) is 2.17. The number of nitrogens with two attached hydrogens (primary N) is 1. The molecule has 0 unspecified atom stereocenters. The van der Waals surface area contributed by atoms with E-state index in [4.69, 9.17) is 10.5 Å². The number of benzene rings is 1. The highest BCUT2D eigenvalue weighted by Gasteiger charge is 1.99. The molecule has 0 aliphatic rings. The molecule has 0 heterocycles. The summed E-state index contributed by atoms with van der Waals surface area (Å²) in [6.07, 6.45) is 1.26. The predicted octanol–water partition coefficient (Wildman–Crippen LogP) is 2.35. The van der Waals surface area contributed by atoms with Gasteiger partial charge < -0.3 is 10.5 Å². The zero-order valence-corrected chi connectivity index (χ0v) is 9.95. The highest BCUT2D eigenvalue weighted by molar-refractivity contribution is 9.10. The van der Waals surface area contributed by atoms with Crippen LogP contribution in [-0.4, -0.2) is 5.97 Å². The second kappa shape index (κ2) is 5.56. The summed E-state index contributed by atoms with van der Waals surface area (Å²) >= 11 is 3.32. The van der Waals surface area contributed by atoms with Crippen LogP contribution in [0.1, 0.15) is 12.5 Å². The van der Waals surface area contributed by atoms with Gasteiger partial charge in [-0.15, -0.1) is 0 Å². The van der Waals surface area contributed by atoms with Gasteiger partial charge in [0.05, 0.1) is 0 Å². The Morgan fingerprint density at radius 1 is 1.47 bits per heavy atom. The number of hydrogen-bond acceptors (Lipinski definition) is 3. The fourth-order valence-corrected chi connectivity index (χ4v) is 1.23. The molecule has 4 heteroatoms. The van der Waals surface area contributed by atoms with Crippen LogP contribution in [0.4, 0.5) is 0 Å². The average Bonchev–Trinajstić information content (AvgIpc) is 2.16. The van der Waals surface area contributed by atoms with Crippen LogP contribution in [0.15, 0.2) is 40.5 Å². The van der Waals surface area contributed by atoms with Crippen molar-refractivity contribution in [1.82, 2.24) is 0 Å². The summed E-state index contributed by atoms with van der Waals surface area (Å²) in [5.41, 5.74) is 6.72. The Labute approximate surface area is 97.0 Å². The van der Waals surface area contributed by atoms with Crippen molar-refractivity contribution in [3.8, 4) is 0 Å². The van der Waals surface area contributed by atoms with E-state index in [9.17, 15) is 4.79 Å². The van der Waals surface area contributed by atoms with Crippen molar-refractivity contribution in [2.75, 3.05) is 0 Å². The van der Waals surface area contributed by atoms with E-state index in [2.05, 4.69) is 15.9 Å². The van der Waals surface area contributed by atoms with E-state index in [1.165, 1.54) is 6.08 Å². The molecular formula is C11H12BrNO2. The van der Waals surface area contributed by atoms with Gasteiger partial charge in [-0.2, -0.15) is 0 Å². The van der Waals surface area contributed by atoms with Crippen LogP contribution in [0.25, 0.3) is 0 Å². The molecule has 0 fully saturated rings. The molecule has 80 valence electrons. The van der Waals surface area contributed by atoms with E-state index in [1.54, 1.807) is 6.92 Å². The molecule has 0 radical (unpaired) electrons. The molecule has 0 amide bonds. The molecule has 0 spiro atoms. The fourth-order valence-electron chi connectivity index (χ4n) is 0.963. The third-order valence-electron chi connectivity index (χ3n) is 1.64. The number of allylic oxidation sites excluding steroid dienone is 1. The average molecular weight is 270 g/mol. The number of ether oxygens (including phenoxy) is 1. The number of esters is 1. The highest BCUT2D eigenvalue weighted by Crippen LogP contribution is 2.11. The Bertz CT molecular complexity index is 367. The van der Waals surface area contributed by atoms with Crippen molar-refractivity contribution < 1.29 is 9.53 Å². The van der Waals surface area contributed by atoms with Crippen molar-refractivity contribution in [3.63, 3.8) is 0 Å². The van der Waals surface area contributed by atoms with Crippen LogP contribution in [0.3, 0.4) is 0 Å². The second-order valence-corrected chi connectivity index (χ2v) is 4.04. The van der Waals surface area contributed by atoms with Gasteiger partial charge in [0, 0.05) is 16.2 Å². The standard InChI is InChI=1S/C11H12BrNO2/c1-8(13)6-11(14)15-7-9-2-4-10(12)5-3-9/h2-6H,7,13H2,1H3/b8-6-. The smallest absolute Gasteiger partial charge is 0.332 e. The van der Waals surface area contributed by atoms with Crippen molar-refractivity contribution in [2.45, 2.75) is 13.5 Å². The predicted molar refractivity (Wildman–Crippen MR) is 61.9 cm³/mol. The summed E-state index contributed by atoms with van der Waals surface area (Å²) in [5.74, 6) is -0.419. The summed E-state index contributed by atoms with van der Waals surface area (Å²) < 4.78 is 5.96. The molecule has 0 saturated carbocycles. The van der Waals surface area contributed by atoms with Gasteiger partial charge >= 0.3 is 5.97 Å². The summed E-state index contributed by atoms with van der Waals surface area (Å²) in [4.78, 5) is 11.1. The number of carbonyl (C=O) groups excluding carboxylic acids is 1. The number of carbonyl (C=O) groups is 1. The molecule has 0 aliphatic heterocycles. The maximum atomic E-state index is 11.1. The van der Waals surface area contributed by atoms with Crippen LogP contribution in [-0.2, 0) is 16.1 Å². The minimum Gasteiger partial charge on any atom is -0.458 e. The molecule has 0 aliphatic carbocycles. The maximum Gasteiger partial charge on any atom is 0.332 e. The van der Waals surface area contributed by atoms with Crippen molar-refractivity contribution in [2.24, 2.45) is 5.73 Å². The molecule has 1 aromatic rings.